The van der Waals surface area contributed by atoms with E-state index in [2.05, 4.69) is 28.9 Å². The molecule has 4 rings (SSSR count). The third-order valence-electron chi connectivity index (χ3n) is 5.31. The van der Waals surface area contributed by atoms with Gasteiger partial charge in [0.15, 0.2) is 0 Å². The van der Waals surface area contributed by atoms with Crippen LogP contribution in [-0.4, -0.2) is 64.4 Å². The second-order valence-corrected chi connectivity index (χ2v) is 9.65. The molecule has 0 N–H and O–H groups in total. The van der Waals surface area contributed by atoms with Gasteiger partial charge in [0.05, 0.1) is 13.7 Å². The molecule has 32 heavy (non-hydrogen) atoms. The van der Waals surface area contributed by atoms with Gasteiger partial charge >= 0.3 is 0 Å². The first kappa shape index (κ1) is 22.4. The molecule has 0 saturated carbocycles. The van der Waals surface area contributed by atoms with Gasteiger partial charge in [0.1, 0.15) is 5.75 Å². The second-order valence-electron chi connectivity index (χ2n) is 8.00. The van der Waals surface area contributed by atoms with Gasteiger partial charge in [-0.3, -0.25) is 9.69 Å². The van der Waals surface area contributed by atoms with E-state index in [1.807, 2.05) is 53.4 Å². The van der Waals surface area contributed by atoms with Crippen LogP contribution in [0.3, 0.4) is 0 Å². The number of hydrogen-bond acceptors (Lipinski definition) is 7. The van der Waals surface area contributed by atoms with E-state index in [9.17, 15) is 4.79 Å². The number of amides is 1. The number of methoxy groups -OCH3 is 1. The Morgan fingerprint density at radius 1 is 1.06 bits per heavy atom. The standard InChI is InChI=1S/C24H28N4O3S/c1-17(2)32-21-10-6-19(7-11-21)24(29)28-14-12-27(13-15-28)16-22-25-23(26-31-22)18-4-8-20(30-3)9-5-18/h4-11,17H,12-16H2,1-3H3. The lowest BCUT2D eigenvalue weighted by molar-refractivity contribution is 0.0615. The van der Waals surface area contributed by atoms with Crippen molar-refractivity contribution in [2.24, 2.45) is 0 Å². The van der Waals surface area contributed by atoms with Crippen molar-refractivity contribution in [1.82, 2.24) is 19.9 Å². The predicted molar refractivity (Wildman–Crippen MR) is 125 cm³/mol. The average Bonchev–Trinajstić information content (AvgIpc) is 3.28. The van der Waals surface area contributed by atoms with Crippen molar-refractivity contribution in [2.75, 3.05) is 33.3 Å². The first-order valence-corrected chi connectivity index (χ1v) is 11.6. The van der Waals surface area contributed by atoms with Gasteiger partial charge in [-0.05, 0) is 48.5 Å². The maximum Gasteiger partial charge on any atom is 0.253 e. The van der Waals surface area contributed by atoms with E-state index in [-0.39, 0.29) is 5.91 Å². The summed E-state index contributed by atoms with van der Waals surface area (Å²) in [7, 11) is 1.64. The molecule has 0 aliphatic carbocycles. The first-order chi connectivity index (χ1) is 15.5. The van der Waals surface area contributed by atoms with Crippen LogP contribution in [0.1, 0.15) is 30.1 Å². The summed E-state index contributed by atoms with van der Waals surface area (Å²) in [5.41, 5.74) is 1.63. The van der Waals surface area contributed by atoms with Crippen molar-refractivity contribution in [1.29, 1.82) is 0 Å². The summed E-state index contributed by atoms with van der Waals surface area (Å²) in [5.74, 6) is 2.02. The van der Waals surface area contributed by atoms with Crippen LogP contribution in [0.4, 0.5) is 0 Å². The monoisotopic (exact) mass is 452 g/mol. The maximum absolute atomic E-state index is 12.9. The van der Waals surface area contributed by atoms with E-state index in [1.54, 1.807) is 18.9 Å². The van der Waals surface area contributed by atoms with Crippen LogP contribution in [-0.2, 0) is 6.54 Å². The molecule has 1 saturated heterocycles. The Hall–Kier alpha value is -2.84. The molecule has 0 atom stereocenters. The number of ether oxygens (including phenoxy) is 1. The van der Waals surface area contributed by atoms with E-state index in [0.717, 1.165) is 30.0 Å². The van der Waals surface area contributed by atoms with E-state index in [4.69, 9.17) is 9.26 Å². The Labute approximate surface area is 192 Å². The molecular weight excluding hydrogens is 424 g/mol. The topological polar surface area (TPSA) is 71.7 Å². The predicted octanol–water partition coefficient (Wildman–Crippen LogP) is 4.20. The van der Waals surface area contributed by atoms with Crippen molar-refractivity contribution in [2.45, 2.75) is 30.5 Å². The number of aromatic nitrogens is 2. The highest BCUT2D eigenvalue weighted by molar-refractivity contribution is 7.99. The normalized spacial score (nSPS) is 14.7. The third-order valence-corrected chi connectivity index (χ3v) is 6.32. The van der Waals surface area contributed by atoms with Gasteiger partial charge in [0, 0.05) is 47.5 Å². The molecule has 1 aliphatic rings. The average molecular weight is 453 g/mol. The van der Waals surface area contributed by atoms with Crippen LogP contribution in [0.5, 0.6) is 5.75 Å². The summed E-state index contributed by atoms with van der Waals surface area (Å²) in [6.07, 6.45) is 0. The number of carbonyl (C=O) groups excluding carboxylic acids is 1. The molecule has 3 aromatic rings. The van der Waals surface area contributed by atoms with Crippen LogP contribution in [0, 0.1) is 0 Å². The Bertz CT molecular complexity index is 1030. The zero-order valence-corrected chi connectivity index (χ0v) is 19.5. The Kier molecular flexibility index (Phi) is 7.12. The number of nitrogens with zero attached hydrogens (tertiary/aromatic N) is 4. The minimum absolute atomic E-state index is 0.0883. The molecule has 8 heteroatoms. The van der Waals surface area contributed by atoms with Crippen molar-refractivity contribution >= 4 is 17.7 Å². The lowest BCUT2D eigenvalue weighted by Crippen LogP contribution is -2.48. The quantitative estimate of drug-likeness (QED) is 0.498. The fourth-order valence-electron chi connectivity index (χ4n) is 3.61. The smallest absolute Gasteiger partial charge is 0.253 e. The molecule has 2 aromatic carbocycles. The molecule has 1 amide bonds. The third kappa shape index (κ3) is 5.49. The minimum atomic E-state index is 0.0883. The van der Waals surface area contributed by atoms with Gasteiger partial charge < -0.3 is 14.2 Å². The van der Waals surface area contributed by atoms with Gasteiger partial charge in [-0.15, -0.1) is 11.8 Å². The number of piperazine rings is 1. The SMILES string of the molecule is COc1ccc(-c2noc(CN3CCN(C(=O)c4ccc(SC(C)C)cc4)CC3)n2)cc1. The molecule has 168 valence electrons. The summed E-state index contributed by atoms with van der Waals surface area (Å²) < 4.78 is 10.6. The number of benzene rings is 2. The van der Waals surface area contributed by atoms with E-state index >= 15 is 0 Å². The van der Waals surface area contributed by atoms with Crippen LogP contribution < -0.4 is 4.74 Å². The summed E-state index contributed by atoms with van der Waals surface area (Å²) >= 11 is 1.80. The van der Waals surface area contributed by atoms with Crippen LogP contribution in [0.25, 0.3) is 11.4 Å². The van der Waals surface area contributed by atoms with Crippen LogP contribution in [0.15, 0.2) is 57.9 Å². The lowest BCUT2D eigenvalue weighted by atomic mass is 10.2. The molecule has 1 aromatic heterocycles. The van der Waals surface area contributed by atoms with Crippen molar-refractivity contribution in [3.8, 4) is 17.1 Å². The fraction of sp³-hybridized carbons (Fsp3) is 0.375. The van der Waals surface area contributed by atoms with Gasteiger partial charge in [0.2, 0.25) is 11.7 Å². The molecular formula is C24H28N4O3S. The molecule has 7 nitrogen and oxygen atoms in total. The molecule has 0 spiro atoms. The largest absolute Gasteiger partial charge is 0.497 e. The zero-order chi connectivity index (χ0) is 22.5. The number of hydrogen-bond donors (Lipinski definition) is 0. The van der Waals surface area contributed by atoms with Gasteiger partial charge in [-0.1, -0.05) is 19.0 Å². The Balaban J connectivity index is 1.29. The molecule has 1 fully saturated rings. The highest BCUT2D eigenvalue weighted by Gasteiger charge is 2.23. The van der Waals surface area contributed by atoms with Gasteiger partial charge in [0.25, 0.3) is 5.91 Å². The fourth-order valence-corrected chi connectivity index (χ4v) is 4.45. The van der Waals surface area contributed by atoms with E-state index < -0.39 is 0 Å². The summed E-state index contributed by atoms with van der Waals surface area (Å²) in [6.45, 7) is 7.81. The highest BCUT2D eigenvalue weighted by Crippen LogP contribution is 2.24. The van der Waals surface area contributed by atoms with Gasteiger partial charge in [-0.25, -0.2) is 0 Å². The maximum atomic E-state index is 12.9. The van der Waals surface area contributed by atoms with Crippen molar-refractivity contribution < 1.29 is 14.1 Å². The molecule has 0 unspecified atom stereocenters. The van der Waals surface area contributed by atoms with E-state index in [1.165, 1.54) is 4.90 Å². The summed E-state index contributed by atoms with van der Waals surface area (Å²) in [4.78, 5) is 22.7. The van der Waals surface area contributed by atoms with Gasteiger partial charge in [-0.2, -0.15) is 4.98 Å². The number of rotatable bonds is 7. The number of carbonyl (C=O) groups is 1. The Morgan fingerprint density at radius 2 is 1.75 bits per heavy atom. The Morgan fingerprint density at radius 3 is 2.38 bits per heavy atom. The van der Waals surface area contributed by atoms with Crippen LogP contribution >= 0.6 is 11.8 Å². The first-order valence-electron chi connectivity index (χ1n) is 10.8. The van der Waals surface area contributed by atoms with Crippen molar-refractivity contribution in [3.05, 3.63) is 60.0 Å². The van der Waals surface area contributed by atoms with E-state index in [0.29, 0.717) is 36.6 Å². The van der Waals surface area contributed by atoms with Crippen molar-refractivity contribution in [3.63, 3.8) is 0 Å². The summed E-state index contributed by atoms with van der Waals surface area (Å²) in [6, 6.07) is 15.5. The second kappa shape index (κ2) is 10.2. The number of thioether (sulfide) groups is 1. The molecule has 0 radical (unpaired) electrons. The summed E-state index contributed by atoms with van der Waals surface area (Å²) in [5, 5.41) is 4.62. The zero-order valence-electron chi connectivity index (χ0n) is 18.7. The molecule has 0 bridgehead atoms. The molecule has 2 heterocycles. The minimum Gasteiger partial charge on any atom is -0.497 e. The molecule has 1 aliphatic heterocycles. The van der Waals surface area contributed by atoms with Crippen LogP contribution in [0.2, 0.25) is 0 Å². The highest BCUT2D eigenvalue weighted by atomic mass is 32.2. The lowest BCUT2D eigenvalue weighted by Gasteiger charge is -2.34.